The van der Waals surface area contributed by atoms with Crippen LogP contribution in [-0.4, -0.2) is 51.2 Å². The highest BCUT2D eigenvalue weighted by Gasteiger charge is 2.41. The fraction of sp³-hybridized carbons (Fsp3) is 0.667. The summed E-state index contributed by atoms with van der Waals surface area (Å²) >= 11 is 0. The monoisotopic (exact) mass is 743 g/mol. The van der Waals surface area contributed by atoms with Gasteiger partial charge in [0.25, 0.3) is 0 Å². The number of unbranched alkanes of at least 4 members (excludes halogenated alkanes) is 14. The minimum atomic E-state index is -2.32. The van der Waals surface area contributed by atoms with E-state index >= 15 is 0 Å². The molecule has 3 heterocycles. The number of anilines is 1. The van der Waals surface area contributed by atoms with Gasteiger partial charge in [-0.3, -0.25) is 4.52 Å². The van der Waals surface area contributed by atoms with Gasteiger partial charge >= 0.3 is 8.60 Å². The summed E-state index contributed by atoms with van der Waals surface area (Å²) in [4.78, 5) is 14.8. The molecule has 2 aromatic heterocycles. The molecule has 11 nitrogen and oxygen atoms in total. The molecule has 1 saturated heterocycles. The number of hydrogen-bond acceptors (Lipinski definition) is 10. The van der Waals surface area contributed by atoms with Crippen molar-refractivity contribution in [2.45, 2.75) is 148 Å². The third kappa shape index (κ3) is 14.6. The van der Waals surface area contributed by atoms with Crippen LogP contribution in [0.3, 0.4) is 0 Å². The third-order valence-electron chi connectivity index (χ3n) is 9.50. The second kappa shape index (κ2) is 23.1. The summed E-state index contributed by atoms with van der Waals surface area (Å²) in [6, 6.07) is 9.81. The Hall–Kier alpha value is -2.75. The lowest BCUT2D eigenvalue weighted by molar-refractivity contribution is -0.167. The molecule has 1 aliphatic rings. The molecule has 0 aliphatic carbocycles. The number of nitrogen functional groups attached to an aromatic ring is 1. The molecule has 1 fully saturated rings. The molecule has 0 amide bonds. The van der Waals surface area contributed by atoms with Crippen LogP contribution in [0.1, 0.15) is 146 Å². The lowest BCUT2D eigenvalue weighted by Crippen LogP contribution is -2.28. The van der Waals surface area contributed by atoms with Crippen molar-refractivity contribution in [1.29, 1.82) is 5.26 Å². The van der Waals surface area contributed by atoms with Crippen molar-refractivity contribution in [1.82, 2.24) is 14.6 Å². The molecule has 4 atom stereocenters. The molecule has 0 saturated carbocycles. The van der Waals surface area contributed by atoms with Crippen LogP contribution in [-0.2, 0) is 29.9 Å². The Morgan fingerprint density at radius 1 is 1.02 bits per heavy atom. The molecule has 0 spiro atoms. The zero-order valence-corrected chi connectivity index (χ0v) is 32.0. The van der Waals surface area contributed by atoms with E-state index in [-0.39, 0.29) is 31.5 Å². The number of benzene rings is 1. The quantitative estimate of drug-likeness (QED) is 0.0572. The van der Waals surface area contributed by atoms with Crippen molar-refractivity contribution in [2.24, 2.45) is 0 Å². The van der Waals surface area contributed by atoms with Gasteiger partial charge in [0.2, 0.25) is 0 Å². The van der Waals surface area contributed by atoms with Crippen LogP contribution in [0, 0.1) is 17.1 Å². The van der Waals surface area contributed by atoms with Gasteiger partial charge in [-0.25, -0.2) is 13.9 Å². The molecular weight excluding hydrogens is 684 g/mol. The van der Waals surface area contributed by atoms with Gasteiger partial charge in [-0.1, -0.05) is 96.8 Å². The van der Waals surface area contributed by atoms with Gasteiger partial charge in [-0.05, 0) is 55.7 Å². The Morgan fingerprint density at radius 3 is 2.37 bits per heavy atom. The van der Waals surface area contributed by atoms with Crippen molar-refractivity contribution in [3.8, 4) is 6.07 Å². The van der Waals surface area contributed by atoms with Crippen LogP contribution < -0.4 is 5.73 Å². The van der Waals surface area contributed by atoms with Crippen molar-refractivity contribution >= 4 is 19.9 Å². The van der Waals surface area contributed by atoms with Gasteiger partial charge < -0.3 is 29.4 Å². The number of halogens is 1. The highest BCUT2D eigenvalue weighted by atomic mass is 31.2. The molecule has 0 bridgehead atoms. The number of nitriles is 1. The molecule has 52 heavy (non-hydrogen) atoms. The third-order valence-corrected chi connectivity index (χ3v) is 10.4. The van der Waals surface area contributed by atoms with E-state index < -0.39 is 26.3 Å². The summed E-state index contributed by atoms with van der Waals surface area (Å²) < 4.78 is 45.6. The Bertz CT molecular complexity index is 1510. The molecule has 1 aliphatic heterocycles. The second-order valence-electron chi connectivity index (χ2n) is 14.0. The highest BCUT2D eigenvalue weighted by molar-refractivity contribution is 7.40. The summed E-state index contributed by atoms with van der Waals surface area (Å²) in [5.74, 6) is -1.21. The van der Waals surface area contributed by atoms with E-state index in [9.17, 15) is 14.5 Å². The fourth-order valence-corrected chi connectivity index (χ4v) is 7.40. The molecule has 288 valence electrons. The Kier molecular flexibility index (Phi) is 18.7. The van der Waals surface area contributed by atoms with Crippen LogP contribution in [0.25, 0.3) is 5.52 Å². The first-order chi connectivity index (χ1) is 25.3. The SMILES string of the molecule is CCCCCCCCCCCCCCCCCOCC(COP(O)O[C@]1(C)CCC(c2ccc3c(N)ncnn23)O1)OCc1cc(F)cc(C#N)c1. The predicted octanol–water partition coefficient (Wildman–Crippen LogP) is 9.62. The van der Waals surface area contributed by atoms with Crippen LogP contribution in [0.4, 0.5) is 10.2 Å². The molecule has 3 N–H and O–H groups in total. The van der Waals surface area contributed by atoms with Crippen LogP contribution in [0.5, 0.6) is 0 Å². The molecule has 4 rings (SSSR count). The highest BCUT2D eigenvalue weighted by Crippen LogP contribution is 2.48. The lowest BCUT2D eigenvalue weighted by atomic mass is 10.0. The largest absolute Gasteiger partial charge is 0.382 e. The zero-order chi connectivity index (χ0) is 37.0. The summed E-state index contributed by atoms with van der Waals surface area (Å²) in [5, 5.41) is 13.5. The predicted molar refractivity (Wildman–Crippen MR) is 200 cm³/mol. The number of aromatic nitrogens is 3. The summed E-state index contributed by atoms with van der Waals surface area (Å²) in [6.45, 7) is 4.88. The second-order valence-corrected chi connectivity index (χ2v) is 14.9. The van der Waals surface area contributed by atoms with Crippen molar-refractivity contribution < 1.29 is 32.5 Å². The average Bonchev–Trinajstić information content (AvgIpc) is 3.74. The molecule has 0 radical (unpaired) electrons. The van der Waals surface area contributed by atoms with E-state index in [1.807, 2.05) is 18.2 Å². The number of fused-ring (bicyclic) bond motifs is 1. The minimum Gasteiger partial charge on any atom is -0.382 e. The van der Waals surface area contributed by atoms with E-state index in [4.69, 9.17) is 29.0 Å². The van der Waals surface area contributed by atoms with E-state index in [0.717, 1.165) is 18.5 Å². The van der Waals surface area contributed by atoms with Gasteiger partial charge in [0.1, 0.15) is 29.9 Å². The van der Waals surface area contributed by atoms with E-state index in [1.54, 1.807) is 17.5 Å². The summed E-state index contributed by atoms with van der Waals surface area (Å²) in [5.41, 5.74) is 8.23. The van der Waals surface area contributed by atoms with Crippen LogP contribution >= 0.6 is 8.60 Å². The Morgan fingerprint density at radius 2 is 1.69 bits per heavy atom. The van der Waals surface area contributed by atoms with Crippen LogP contribution in [0.15, 0.2) is 36.7 Å². The Labute approximate surface area is 310 Å². The van der Waals surface area contributed by atoms with Gasteiger partial charge in [0, 0.05) is 13.0 Å². The van der Waals surface area contributed by atoms with E-state index in [1.165, 1.54) is 102 Å². The van der Waals surface area contributed by atoms with Gasteiger partial charge in [-0.2, -0.15) is 10.4 Å². The number of nitrogens with two attached hydrogens (primary N) is 1. The lowest BCUT2D eigenvalue weighted by Gasteiger charge is -2.27. The Balaban J connectivity index is 1.15. The summed E-state index contributed by atoms with van der Waals surface area (Å²) in [7, 11) is -2.32. The topological polar surface area (TPSA) is 146 Å². The van der Waals surface area contributed by atoms with E-state index in [0.29, 0.717) is 36.3 Å². The van der Waals surface area contributed by atoms with Crippen molar-refractivity contribution in [2.75, 3.05) is 25.6 Å². The maximum absolute atomic E-state index is 14.0. The first kappa shape index (κ1) is 42.0. The number of hydrogen-bond donors (Lipinski definition) is 2. The van der Waals surface area contributed by atoms with E-state index in [2.05, 4.69) is 17.0 Å². The number of nitrogens with zero attached hydrogens (tertiary/aromatic N) is 4. The summed E-state index contributed by atoms with van der Waals surface area (Å²) in [6.07, 6.45) is 21.2. The maximum Gasteiger partial charge on any atom is 0.332 e. The molecular formula is C39H59FN5O6P. The molecule has 3 aromatic rings. The standard InChI is InChI=1S/C39H59FN5O6P/c1-3-4-5-6-7-8-9-10-11-12-13-14-15-16-17-22-47-28-34(48-27-32-23-31(26-41)24-33(40)25-32)29-49-52(46)51-39(2)21-20-37(50-39)35-18-19-36-38(42)43-30-44-45(35)36/h18-19,23-25,30,34,37,46H,3-17,20-22,27-29H2,1-2H3,(H2,42,43,44)/t34?,37?,39-,52?/m1/s1. The zero-order valence-electron chi connectivity index (χ0n) is 31.1. The van der Waals surface area contributed by atoms with Crippen molar-refractivity contribution in [3.05, 3.63) is 59.3 Å². The first-order valence-electron chi connectivity index (χ1n) is 19.3. The van der Waals surface area contributed by atoms with Crippen molar-refractivity contribution in [3.63, 3.8) is 0 Å². The smallest absolute Gasteiger partial charge is 0.332 e. The normalized spacial score (nSPS) is 18.6. The fourth-order valence-electron chi connectivity index (χ4n) is 6.59. The maximum atomic E-state index is 14.0. The molecule has 1 aromatic carbocycles. The van der Waals surface area contributed by atoms with Gasteiger partial charge in [0.15, 0.2) is 11.6 Å². The molecule has 3 unspecified atom stereocenters. The van der Waals surface area contributed by atoms with Gasteiger partial charge in [-0.15, -0.1) is 0 Å². The van der Waals surface area contributed by atoms with Crippen LogP contribution in [0.2, 0.25) is 0 Å². The number of rotatable bonds is 27. The average molecular weight is 744 g/mol. The molecule has 13 heteroatoms. The van der Waals surface area contributed by atoms with Gasteiger partial charge in [0.05, 0.1) is 37.1 Å². The first-order valence-corrected chi connectivity index (χ1v) is 20.4. The minimum absolute atomic E-state index is 0.0134. The number of ether oxygens (including phenoxy) is 3.